The van der Waals surface area contributed by atoms with Crippen molar-refractivity contribution in [1.29, 1.82) is 0 Å². The number of rotatable bonds is 7. The fourth-order valence-electron chi connectivity index (χ4n) is 2.24. The first-order valence-electron chi connectivity index (χ1n) is 7.64. The lowest BCUT2D eigenvalue weighted by molar-refractivity contribution is 0.0955. The van der Waals surface area contributed by atoms with Crippen molar-refractivity contribution in [2.45, 2.75) is 31.7 Å². The van der Waals surface area contributed by atoms with Crippen molar-refractivity contribution in [1.82, 2.24) is 15.1 Å². The Morgan fingerprint density at radius 2 is 1.96 bits per heavy atom. The van der Waals surface area contributed by atoms with Gasteiger partial charge >= 0.3 is 0 Å². The van der Waals surface area contributed by atoms with E-state index < -0.39 is 15.7 Å². The summed E-state index contributed by atoms with van der Waals surface area (Å²) < 4.78 is 38.8. The quantitative estimate of drug-likeness (QED) is 0.772. The Hall–Kier alpha value is -2.22. The molecule has 1 N–H and O–H groups in total. The van der Waals surface area contributed by atoms with Gasteiger partial charge in [0.2, 0.25) is 0 Å². The number of halogens is 1. The van der Waals surface area contributed by atoms with Crippen LogP contribution in [-0.4, -0.2) is 36.4 Å². The molecule has 0 radical (unpaired) electrons. The molecule has 6 nitrogen and oxygen atoms in total. The van der Waals surface area contributed by atoms with Gasteiger partial charge in [-0.15, -0.1) is 0 Å². The van der Waals surface area contributed by atoms with E-state index >= 15 is 0 Å². The highest BCUT2D eigenvalue weighted by molar-refractivity contribution is 7.91. The number of hydrogen-bond acceptors (Lipinski definition) is 4. The lowest BCUT2D eigenvalue weighted by atomic mass is 10.2. The van der Waals surface area contributed by atoms with Crippen molar-refractivity contribution in [3.63, 3.8) is 0 Å². The second-order valence-electron chi connectivity index (χ2n) is 5.42. The van der Waals surface area contributed by atoms with E-state index in [9.17, 15) is 17.6 Å². The van der Waals surface area contributed by atoms with Crippen LogP contribution in [0.2, 0.25) is 0 Å². The Labute approximate surface area is 140 Å². The molecule has 0 atom stereocenters. The number of carbonyl (C=O) groups is 1. The van der Waals surface area contributed by atoms with Crippen LogP contribution in [0.4, 0.5) is 4.39 Å². The summed E-state index contributed by atoms with van der Waals surface area (Å²) in [4.78, 5) is 12.2. The maximum Gasteiger partial charge on any atom is 0.254 e. The molecule has 1 heterocycles. The highest BCUT2D eigenvalue weighted by Crippen LogP contribution is 2.11. The molecule has 0 aliphatic carbocycles. The van der Waals surface area contributed by atoms with Crippen molar-refractivity contribution < 1.29 is 17.6 Å². The van der Waals surface area contributed by atoms with Gasteiger partial charge in [-0.25, -0.2) is 12.8 Å². The highest BCUT2D eigenvalue weighted by atomic mass is 32.2. The summed E-state index contributed by atoms with van der Waals surface area (Å²) in [5.74, 6) is -1.11. The molecule has 0 fully saturated rings. The predicted octanol–water partition coefficient (Wildman–Crippen LogP) is 1.94. The van der Waals surface area contributed by atoms with Crippen LogP contribution in [0.5, 0.6) is 0 Å². The van der Waals surface area contributed by atoms with Crippen molar-refractivity contribution in [3.8, 4) is 0 Å². The second-order valence-corrected chi connectivity index (χ2v) is 7.53. The van der Waals surface area contributed by atoms with E-state index in [0.717, 1.165) is 18.6 Å². The summed E-state index contributed by atoms with van der Waals surface area (Å²) in [5.41, 5.74) is 1.03. The topological polar surface area (TPSA) is 81.1 Å². The Balaban J connectivity index is 1.96. The fraction of sp³-hybridized carbons (Fsp3) is 0.375. The average Bonchev–Trinajstić information content (AvgIpc) is 2.88. The van der Waals surface area contributed by atoms with Gasteiger partial charge in [0.25, 0.3) is 5.91 Å². The standard InChI is InChI=1S/C16H20FN3O3S/c1-3-9-20-11-15(12(2)19-20)16(21)18-8-10-24(22,23)14-6-4-13(17)5-7-14/h4-7,11H,3,8-10H2,1-2H3,(H,18,21). The van der Waals surface area contributed by atoms with Crippen molar-refractivity contribution in [2.24, 2.45) is 0 Å². The normalized spacial score (nSPS) is 11.5. The van der Waals surface area contributed by atoms with Crippen LogP contribution in [0.3, 0.4) is 0 Å². The number of benzene rings is 1. The molecule has 0 bridgehead atoms. The number of nitrogens with zero attached hydrogens (tertiary/aromatic N) is 2. The smallest absolute Gasteiger partial charge is 0.254 e. The van der Waals surface area contributed by atoms with Gasteiger partial charge in [-0.05, 0) is 37.6 Å². The number of aryl methyl sites for hydroxylation is 2. The van der Waals surface area contributed by atoms with E-state index in [1.807, 2.05) is 6.92 Å². The van der Waals surface area contributed by atoms with E-state index in [-0.39, 0.29) is 23.1 Å². The zero-order chi connectivity index (χ0) is 17.7. The number of amides is 1. The number of aromatic nitrogens is 2. The third-order valence-electron chi connectivity index (χ3n) is 3.47. The molecule has 0 saturated carbocycles. The molecule has 1 aromatic carbocycles. The molecule has 0 spiro atoms. The number of nitrogens with one attached hydrogen (secondary N) is 1. The van der Waals surface area contributed by atoms with E-state index in [1.54, 1.807) is 17.8 Å². The molecule has 8 heteroatoms. The fourth-order valence-corrected chi connectivity index (χ4v) is 3.40. The molecule has 2 aromatic rings. The van der Waals surface area contributed by atoms with Crippen LogP contribution in [0, 0.1) is 12.7 Å². The molecular formula is C16H20FN3O3S. The number of sulfone groups is 1. The van der Waals surface area contributed by atoms with Crippen LogP contribution in [0.1, 0.15) is 29.4 Å². The first kappa shape index (κ1) is 18.1. The minimum absolute atomic E-state index is 0.0308. The molecule has 0 saturated heterocycles. The third kappa shape index (κ3) is 4.41. The van der Waals surface area contributed by atoms with Gasteiger partial charge in [0.05, 0.1) is 21.9 Å². The lowest BCUT2D eigenvalue weighted by Gasteiger charge is -2.06. The molecule has 1 aromatic heterocycles. The van der Waals surface area contributed by atoms with Crippen LogP contribution in [-0.2, 0) is 16.4 Å². The van der Waals surface area contributed by atoms with Gasteiger partial charge in [-0.2, -0.15) is 5.10 Å². The summed E-state index contributed by atoms with van der Waals surface area (Å²) in [5, 5.41) is 6.82. The van der Waals surface area contributed by atoms with Crippen LogP contribution < -0.4 is 5.32 Å². The van der Waals surface area contributed by atoms with E-state index in [1.165, 1.54) is 12.1 Å². The van der Waals surface area contributed by atoms with Gasteiger partial charge in [-0.3, -0.25) is 9.48 Å². The summed E-state index contributed by atoms with van der Waals surface area (Å²) in [6.07, 6.45) is 2.56. The molecule has 130 valence electrons. The maximum absolute atomic E-state index is 12.9. The average molecular weight is 353 g/mol. The molecule has 0 aliphatic rings. The molecule has 2 rings (SSSR count). The number of hydrogen-bond donors (Lipinski definition) is 1. The summed E-state index contributed by atoms with van der Waals surface area (Å²) in [7, 11) is -3.57. The zero-order valence-electron chi connectivity index (χ0n) is 13.6. The minimum Gasteiger partial charge on any atom is -0.351 e. The van der Waals surface area contributed by atoms with Crippen molar-refractivity contribution in [3.05, 3.63) is 47.5 Å². The van der Waals surface area contributed by atoms with Crippen molar-refractivity contribution >= 4 is 15.7 Å². The van der Waals surface area contributed by atoms with Gasteiger partial charge in [0, 0.05) is 19.3 Å². The summed E-state index contributed by atoms with van der Waals surface area (Å²) in [6.45, 7) is 4.43. The van der Waals surface area contributed by atoms with Crippen LogP contribution in [0.15, 0.2) is 35.4 Å². The molecule has 24 heavy (non-hydrogen) atoms. The van der Waals surface area contributed by atoms with E-state index in [0.29, 0.717) is 17.8 Å². The minimum atomic E-state index is -3.57. The van der Waals surface area contributed by atoms with Crippen molar-refractivity contribution in [2.75, 3.05) is 12.3 Å². The zero-order valence-corrected chi connectivity index (χ0v) is 14.4. The van der Waals surface area contributed by atoms with Gasteiger partial charge in [0.1, 0.15) is 5.82 Å². The predicted molar refractivity (Wildman–Crippen MR) is 88.0 cm³/mol. The third-order valence-corrected chi connectivity index (χ3v) is 5.20. The molecular weight excluding hydrogens is 333 g/mol. The Morgan fingerprint density at radius 1 is 1.29 bits per heavy atom. The molecule has 0 unspecified atom stereocenters. The van der Waals surface area contributed by atoms with Gasteiger partial charge in [0.15, 0.2) is 9.84 Å². The first-order chi connectivity index (χ1) is 11.3. The second kappa shape index (κ2) is 7.57. The Morgan fingerprint density at radius 3 is 2.58 bits per heavy atom. The summed E-state index contributed by atoms with van der Waals surface area (Å²) in [6, 6.07) is 4.62. The van der Waals surface area contributed by atoms with Crippen LogP contribution >= 0.6 is 0 Å². The van der Waals surface area contributed by atoms with Gasteiger partial charge in [-0.1, -0.05) is 6.92 Å². The highest BCUT2D eigenvalue weighted by Gasteiger charge is 2.17. The summed E-state index contributed by atoms with van der Waals surface area (Å²) >= 11 is 0. The molecule has 1 amide bonds. The SMILES string of the molecule is CCCn1cc(C(=O)NCCS(=O)(=O)c2ccc(F)cc2)c(C)n1. The van der Waals surface area contributed by atoms with E-state index in [4.69, 9.17) is 0 Å². The number of carbonyl (C=O) groups excluding carboxylic acids is 1. The van der Waals surface area contributed by atoms with E-state index in [2.05, 4.69) is 10.4 Å². The Kier molecular flexibility index (Phi) is 5.71. The van der Waals surface area contributed by atoms with Gasteiger partial charge < -0.3 is 5.32 Å². The molecule has 0 aliphatic heterocycles. The lowest BCUT2D eigenvalue weighted by Crippen LogP contribution is -2.29. The monoisotopic (exact) mass is 353 g/mol. The van der Waals surface area contributed by atoms with Crippen LogP contribution in [0.25, 0.3) is 0 Å². The first-order valence-corrected chi connectivity index (χ1v) is 9.29. The largest absolute Gasteiger partial charge is 0.351 e. The maximum atomic E-state index is 12.9. The Bertz CT molecular complexity index is 814.